The third kappa shape index (κ3) is 2.03. The average Bonchev–Trinajstić information content (AvgIpc) is 2.76. The number of aromatic nitrogens is 3. The van der Waals surface area contributed by atoms with Crippen LogP contribution in [-0.4, -0.2) is 33.7 Å². The lowest BCUT2D eigenvalue weighted by Gasteiger charge is -2.05. The molecule has 1 fully saturated rings. The third-order valence-electron chi connectivity index (χ3n) is 1.86. The highest BCUT2D eigenvalue weighted by Gasteiger charge is 2.22. The van der Waals surface area contributed by atoms with Crippen molar-refractivity contribution in [3.8, 4) is 0 Å². The molecule has 1 aromatic rings. The van der Waals surface area contributed by atoms with Crippen LogP contribution in [-0.2, 0) is 16.6 Å². The molecular weight excluding hydrogens is 252 g/mol. The summed E-state index contributed by atoms with van der Waals surface area (Å²) in [7, 11) is 0. The highest BCUT2D eigenvalue weighted by molar-refractivity contribution is 9.08. The molecule has 76 valence electrons. The normalized spacial score (nSPS) is 20.6. The number of nitrogens with zero attached hydrogens (tertiary/aromatic N) is 3. The van der Waals surface area contributed by atoms with Crippen LogP contribution < -0.4 is 5.32 Å². The van der Waals surface area contributed by atoms with Crippen molar-refractivity contribution in [2.75, 3.05) is 6.54 Å². The second-order valence-electron chi connectivity index (χ2n) is 2.97. The summed E-state index contributed by atoms with van der Waals surface area (Å²) in [5.41, 5.74) is 0.863. The first-order valence-corrected chi connectivity index (χ1v) is 5.29. The van der Waals surface area contributed by atoms with E-state index in [2.05, 4.69) is 31.6 Å². The van der Waals surface area contributed by atoms with E-state index in [1.165, 1.54) is 0 Å². The van der Waals surface area contributed by atoms with Crippen molar-refractivity contribution in [1.29, 1.82) is 0 Å². The maximum absolute atomic E-state index is 10.7. The number of carbonyl (C=O) groups is 1. The van der Waals surface area contributed by atoms with Gasteiger partial charge in [-0.2, -0.15) is 0 Å². The Bertz CT molecular complexity index is 340. The maximum atomic E-state index is 10.7. The molecule has 0 aliphatic carbocycles. The number of hydrogen-bond donors (Lipinski definition) is 1. The molecule has 1 aliphatic heterocycles. The van der Waals surface area contributed by atoms with Gasteiger partial charge in [0.15, 0.2) is 0 Å². The first-order chi connectivity index (χ1) is 6.78. The minimum absolute atomic E-state index is 0.146. The Balaban J connectivity index is 1.93. The van der Waals surface area contributed by atoms with Crippen LogP contribution in [0.1, 0.15) is 5.69 Å². The number of halogens is 1. The molecule has 2 heterocycles. The van der Waals surface area contributed by atoms with Crippen LogP contribution in [0, 0.1) is 0 Å². The number of amides is 1. The standard InChI is InChI=1S/C7H9BrN4O2/c8-1-5-3-12(11-10-5)4-6-2-9-7(13)14-6/h3,6H,1-2,4H2,(H,9,13). The minimum Gasteiger partial charge on any atom is -0.442 e. The van der Waals surface area contributed by atoms with Crippen molar-refractivity contribution >= 4 is 22.0 Å². The summed E-state index contributed by atoms with van der Waals surface area (Å²) in [6.45, 7) is 1.07. The number of hydrogen-bond acceptors (Lipinski definition) is 4. The van der Waals surface area contributed by atoms with Gasteiger partial charge in [0, 0.05) is 11.5 Å². The molecule has 0 saturated carbocycles. The summed E-state index contributed by atoms with van der Waals surface area (Å²) in [6.07, 6.45) is 1.31. The molecule has 1 saturated heterocycles. The van der Waals surface area contributed by atoms with Crippen molar-refractivity contribution in [2.45, 2.75) is 18.0 Å². The van der Waals surface area contributed by atoms with Gasteiger partial charge in [-0.25, -0.2) is 9.48 Å². The topological polar surface area (TPSA) is 69.0 Å². The van der Waals surface area contributed by atoms with Crippen molar-refractivity contribution in [2.24, 2.45) is 0 Å². The zero-order valence-corrected chi connectivity index (χ0v) is 8.90. The molecule has 2 rings (SSSR count). The van der Waals surface area contributed by atoms with Gasteiger partial charge < -0.3 is 10.1 Å². The van der Waals surface area contributed by atoms with Gasteiger partial charge in [-0.3, -0.25) is 0 Å². The van der Waals surface area contributed by atoms with Crippen LogP contribution in [0.4, 0.5) is 4.79 Å². The number of rotatable bonds is 3. The van der Waals surface area contributed by atoms with Gasteiger partial charge in [-0.15, -0.1) is 5.10 Å². The fourth-order valence-corrected chi connectivity index (χ4v) is 1.49. The van der Waals surface area contributed by atoms with E-state index < -0.39 is 0 Å². The molecule has 7 heteroatoms. The molecule has 1 aromatic heterocycles. The number of carbonyl (C=O) groups excluding carboxylic acids is 1. The quantitative estimate of drug-likeness (QED) is 0.793. The van der Waals surface area contributed by atoms with Gasteiger partial charge in [-0.05, 0) is 0 Å². The summed E-state index contributed by atoms with van der Waals surface area (Å²) in [5, 5.41) is 11.0. The zero-order valence-electron chi connectivity index (χ0n) is 7.31. The molecule has 0 spiro atoms. The Morgan fingerprint density at radius 2 is 2.64 bits per heavy atom. The largest absolute Gasteiger partial charge is 0.442 e. The SMILES string of the molecule is O=C1NCC(Cn2cc(CBr)nn2)O1. The second kappa shape index (κ2) is 3.95. The first kappa shape index (κ1) is 9.45. The van der Waals surface area contributed by atoms with Crippen LogP contribution in [0.2, 0.25) is 0 Å². The van der Waals surface area contributed by atoms with Gasteiger partial charge >= 0.3 is 6.09 Å². The van der Waals surface area contributed by atoms with Gasteiger partial charge in [0.25, 0.3) is 0 Å². The molecule has 1 N–H and O–H groups in total. The molecule has 0 radical (unpaired) electrons. The Morgan fingerprint density at radius 3 is 3.21 bits per heavy atom. The Hall–Kier alpha value is -1.11. The molecular formula is C7H9BrN4O2. The van der Waals surface area contributed by atoms with E-state index in [1.807, 2.05) is 6.20 Å². The van der Waals surface area contributed by atoms with E-state index in [-0.39, 0.29) is 12.2 Å². The molecule has 6 nitrogen and oxygen atoms in total. The maximum Gasteiger partial charge on any atom is 0.407 e. The Morgan fingerprint density at radius 1 is 1.79 bits per heavy atom. The number of cyclic esters (lactones) is 1. The van der Waals surface area contributed by atoms with E-state index >= 15 is 0 Å². The second-order valence-corrected chi connectivity index (χ2v) is 3.53. The van der Waals surface area contributed by atoms with Gasteiger partial charge in [0.2, 0.25) is 0 Å². The molecule has 1 aliphatic rings. The smallest absolute Gasteiger partial charge is 0.407 e. The molecule has 14 heavy (non-hydrogen) atoms. The van der Waals surface area contributed by atoms with Gasteiger partial charge in [-0.1, -0.05) is 21.1 Å². The number of ether oxygens (including phenoxy) is 1. The van der Waals surface area contributed by atoms with Crippen LogP contribution in [0.3, 0.4) is 0 Å². The van der Waals surface area contributed by atoms with Crippen LogP contribution in [0.25, 0.3) is 0 Å². The Kier molecular flexibility index (Phi) is 2.67. The molecule has 1 atom stereocenters. The van der Waals surface area contributed by atoms with Crippen molar-refractivity contribution in [1.82, 2.24) is 20.3 Å². The van der Waals surface area contributed by atoms with Gasteiger partial charge in [0.05, 0.1) is 18.8 Å². The minimum atomic E-state index is -0.365. The fraction of sp³-hybridized carbons (Fsp3) is 0.571. The Labute approximate surface area is 88.7 Å². The third-order valence-corrected chi connectivity index (χ3v) is 2.44. The molecule has 0 aromatic carbocycles. The molecule has 1 unspecified atom stereocenters. The molecule has 0 bridgehead atoms. The summed E-state index contributed by atoms with van der Waals surface area (Å²) >= 11 is 3.28. The zero-order chi connectivity index (χ0) is 9.97. The number of alkyl halides is 1. The van der Waals surface area contributed by atoms with E-state index in [1.54, 1.807) is 4.68 Å². The fourth-order valence-electron chi connectivity index (χ4n) is 1.23. The lowest BCUT2D eigenvalue weighted by Crippen LogP contribution is -2.20. The highest BCUT2D eigenvalue weighted by Crippen LogP contribution is 2.04. The number of nitrogens with one attached hydrogen (secondary N) is 1. The van der Waals surface area contributed by atoms with Crippen LogP contribution in [0.15, 0.2) is 6.20 Å². The van der Waals surface area contributed by atoms with E-state index in [9.17, 15) is 4.79 Å². The van der Waals surface area contributed by atoms with Crippen LogP contribution in [0.5, 0.6) is 0 Å². The first-order valence-electron chi connectivity index (χ1n) is 4.17. The van der Waals surface area contributed by atoms with Crippen molar-refractivity contribution in [3.05, 3.63) is 11.9 Å². The highest BCUT2D eigenvalue weighted by atomic mass is 79.9. The molecule has 1 amide bonds. The predicted molar refractivity (Wildman–Crippen MR) is 50.9 cm³/mol. The summed E-state index contributed by atoms with van der Waals surface area (Å²) in [6, 6.07) is 0. The van der Waals surface area contributed by atoms with Crippen molar-refractivity contribution in [3.63, 3.8) is 0 Å². The predicted octanol–water partition coefficient (Wildman–Crippen LogP) is 0.281. The summed E-state index contributed by atoms with van der Waals surface area (Å²) < 4.78 is 6.63. The van der Waals surface area contributed by atoms with Crippen molar-refractivity contribution < 1.29 is 9.53 Å². The summed E-state index contributed by atoms with van der Waals surface area (Å²) in [5.74, 6) is 0. The summed E-state index contributed by atoms with van der Waals surface area (Å²) in [4.78, 5) is 10.7. The van der Waals surface area contributed by atoms with Gasteiger partial charge in [0.1, 0.15) is 6.10 Å². The monoisotopic (exact) mass is 260 g/mol. The van der Waals surface area contributed by atoms with E-state index in [4.69, 9.17) is 4.74 Å². The number of alkyl carbamates (subject to hydrolysis) is 1. The average molecular weight is 261 g/mol. The van der Waals surface area contributed by atoms with E-state index in [0.717, 1.165) is 5.69 Å². The van der Waals surface area contributed by atoms with E-state index in [0.29, 0.717) is 18.4 Å². The van der Waals surface area contributed by atoms with Crippen LogP contribution >= 0.6 is 15.9 Å². The lowest BCUT2D eigenvalue weighted by molar-refractivity contribution is 0.128. The lowest BCUT2D eigenvalue weighted by atomic mass is 10.3.